The summed E-state index contributed by atoms with van der Waals surface area (Å²) in [6.07, 6.45) is 3.21. The van der Waals surface area contributed by atoms with Crippen molar-refractivity contribution in [1.82, 2.24) is 9.62 Å². The average Bonchev–Trinajstić information content (AvgIpc) is 2.78. The van der Waals surface area contributed by atoms with E-state index in [4.69, 9.17) is 0 Å². The van der Waals surface area contributed by atoms with Crippen molar-refractivity contribution in [3.63, 3.8) is 0 Å². The molecule has 2 amide bonds. The third-order valence-corrected chi connectivity index (χ3v) is 7.20. The van der Waals surface area contributed by atoms with E-state index >= 15 is 0 Å². The third-order valence-electron chi connectivity index (χ3n) is 5.30. The fourth-order valence-corrected chi connectivity index (χ4v) is 4.93. The summed E-state index contributed by atoms with van der Waals surface area (Å²) in [4.78, 5) is 25.3. The van der Waals surface area contributed by atoms with Crippen LogP contribution in [-0.4, -0.2) is 44.2 Å². The van der Waals surface area contributed by atoms with Gasteiger partial charge in [0.2, 0.25) is 10.0 Å². The van der Waals surface area contributed by atoms with Crippen LogP contribution in [0.4, 0.5) is 5.69 Å². The van der Waals surface area contributed by atoms with Gasteiger partial charge in [0.15, 0.2) is 0 Å². The molecule has 1 aliphatic rings. The first kappa shape index (κ1) is 22.7. The third kappa shape index (κ3) is 5.39. The van der Waals surface area contributed by atoms with E-state index in [1.54, 1.807) is 42.5 Å². The largest absolute Gasteiger partial charge is 0.349 e. The van der Waals surface area contributed by atoms with E-state index in [0.717, 1.165) is 12.8 Å². The average molecular weight is 442 g/mol. The predicted molar refractivity (Wildman–Crippen MR) is 121 cm³/mol. The lowest BCUT2D eigenvalue weighted by atomic mass is 10.0. The normalized spacial score (nSPS) is 15.3. The molecule has 0 radical (unpaired) electrons. The van der Waals surface area contributed by atoms with Gasteiger partial charge in [-0.2, -0.15) is 4.31 Å². The summed E-state index contributed by atoms with van der Waals surface area (Å²) < 4.78 is 27.5. The lowest BCUT2D eigenvalue weighted by molar-refractivity contribution is 0.0959. The first-order valence-electron chi connectivity index (χ1n) is 10.2. The number of para-hydroxylation sites is 1. The number of hydrogen-bond donors (Lipinski definition) is 2. The van der Waals surface area contributed by atoms with Crippen molar-refractivity contribution in [2.75, 3.05) is 25.0 Å². The Morgan fingerprint density at radius 3 is 2.52 bits per heavy atom. The fraction of sp³-hybridized carbons (Fsp3) is 0.304. The molecule has 164 valence electrons. The van der Waals surface area contributed by atoms with E-state index < -0.39 is 15.9 Å². The Balaban J connectivity index is 1.80. The van der Waals surface area contributed by atoms with Crippen LogP contribution < -0.4 is 10.6 Å². The Labute approximate surface area is 183 Å². The highest BCUT2D eigenvalue weighted by Gasteiger charge is 2.28. The summed E-state index contributed by atoms with van der Waals surface area (Å²) >= 11 is 0. The summed E-state index contributed by atoms with van der Waals surface area (Å²) in [6.45, 7) is 6.94. The molecular weight excluding hydrogens is 414 g/mol. The molecule has 1 aliphatic heterocycles. The number of hydrogen-bond acceptors (Lipinski definition) is 4. The molecule has 0 atom stereocenters. The predicted octanol–water partition coefficient (Wildman–Crippen LogP) is 3.28. The summed E-state index contributed by atoms with van der Waals surface area (Å²) in [7, 11) is -3.67. The summed E-state index contributed by atoms with van der Waals surface area (Å²) in [5, 5.41) is 5.39. The molecule has 7 nitrogen and oxygen atoms in total. The van der Waals surface area contributed by atoms with Crippen LogP contribution >= 0.6 is 0 Å². The minimum atomic E-state index is -3.67. The molecule has 3 rings (SSSR count). The fourth-order valence-electron chi connectivity index (χ4n) is 3.42. The maximum Gasteiger partial charge on any atom is 0.255 e. The Hall–Kier alpha value is -2.97. The van der Waals surface area contributed by atoms with Crippen molar-refractivity contribution in [3.8, 4) is 0 Å². The first-order valence-corrected chi connectivity index (χ1v) is 11.7. The van der Waals surface area contributed by atoms with Crippen LogP contribution in [-0.2, 0) is 10.0 Å². The smallest absolute Gasteiger partial charge is 0.255 e. The quantitative estimate of drug-likeness (QED) is 0.645. The second kappa shape index (κ2) is 9.89. The first-order chi connectivity index (χ1) is 14.8. The van der Waals surface area contributed by atoms with Crippen molar-refractivity contribution < 1.29 is 18.0 Å². The molecule has 0 saturated carbocycles. The van der Waals surface area contributed by atoms with Crippen LogP contribution in [0, 0.1) is 5.92 Å². The highest BCUT2D eigenvalue weighted by Crippen LogP contribution is 2.24. The summed E-state index contributed by atoms with van der Waals surface area (Å²) in [5.41, 5.74) is 0.851. The molecule has 0 aromatic heterocycles. The van der Waals surface area contributed by atoms with Gasteiger partial charge in [-0.05, 0) is 49.1 Å². The van der Waals surface area contributed by atoms with Gasteiger partial charge in [0.25, 0.3) is 11.8 Å². The number of piperidine rings is 1. The molecular formula is C23H27N3O4S. The standard InChI is InChI=1S/C23H27N3O4S/c1-3-13-24-23(28)20-9-4-5-10-21(20)25-22(27)18-7-6-8-19(16-18)31(29,30)26-14-11-17(2)12-15-26/h3-10,16-17H,1,11-15H2,2H3,(H,24,28)(H,25,27). The number of sulfonamides is 1. The van der Waals surface area contributed by atoms with E-state index in [1.165, 1.54) is 16.4 Å². The molecule has 0 bridgehead atoms. The molecule has 0 aliphatic carbocycles. The number of anilines is 1. The SMILES string of the molecule is C=CCNC(=O)c1ccccc1NC(=O)c1cccc(S(=O)(=O)N2CCC(C)CC2)c1. The molecule has 2 aromatic carbocycles. The zero-order valence-corrected chi connectivity index (χ0v) is 18.3. The maximum atomic E-state index is 13.0. The topological polar surface area (TPSA) is 95.6 Å². The van der Waals surface area contributed by atoms with Crippen LogP contribution in [0.1, 0.15) is 40.5 Å². The number of amides is 2. The monoisotopic (exact) mass is 441 g/mol. The van der Waals surface area contributed by atoms with Gasteiger partial charge in [-0.3, -0.25) is 9.59 Å². The Bertz CT molecular complexity index is 1070. The van der Waals surface area contributed by atoms with Crippen molar-refractivity contribution in [2.45, 2.75) is 24.7 Å². The molecule has 0 unspecified atom stereocenters. The van der Waals surface area contributed by atoms with E-state index in [-0.39, 0.29) is 16.4 Å². The number of carbonyl (C=O) groups excluding carboxylic acids is 2. The van der Waals surface area contributed by atoms with Crippen molar-refractivity contribution >= 4 is 27.5 Å². The lowest BCUT2D eigenvalue weighted by Crippen LogP contribution is -2.37. The molecule has 8 heteroatoms. The number of benzene rings is 2. The zero-order valence-electron chi connectivity index (χ0n) is 17.5. The molecule has 1 heterocycles. The van der Waals surface area contributed by atoms with Crippen LogP contribution in [0.3, 0.4) is 0 Å². The Morgan fingerprint density at radius 1 is 1.10 bits per heavy atom. The zero-order chi connectivity index (χ0) is 22.4. The number of rotatable bonds is 7. The van der Waals surface area contributed by atoms with Gasteiger partial charge in [0.05, 0.1) is 16.1 Å². The van der Waals surface area contributed by atoms with E-state index in [9.17, 15) is 18.0 Å². The number of carbonyl (C=O) groups is 2. The Kier molecular flexibility index (Phi) is 7.25. The van der Waals surface area contributed by atoms with Gasteiger partial charge in [-0.15, -0.1) is 6.58 Å². The number of nitrogens with zero attached hydrogens (tertiary/aromatic N) is 1. The van der Waals surface area contributed by atoms with E-state index in [2.05, 4.69) is 24.1 Å². The molecule has 0 spiro atoms. The lowest BCUT2D eigenvalue weighted by Gasteiger charge is -2.29. The van der Waals surface area contributed by atoms with Crippen LogP contribution in [0.15, 0.2) is 66.1 Å². The van der Waals surface area contributed by atoms with Crippen LogP contribution in [0.5, 0.6) is 0 Å². The second-order valence-corrected chi connectivity index (χ2v) is 9.55. The maximum absolute atomic E-state index is 13.0. The summed E-state index contributed by atoms with van der Waals surface area (Å²) in [5.74, 6) is -0.327. The summed E-state index contributed by atoms with van der Waals surface area (Å²) in [6, 6.07) is 12.6. The second-order valence-electron chi connectivity index (χ2n) is 7.61. The van der Waals surface area contributed by atoms with Gasteiger partial charge in [0, 0.05) is 25.2 Å². The van der Waals surface area contributed by atoms with Crippen LogP contribution in [0.25, 0.3) is 0 Å². The van der Waals surface area contributed by atoms with Crippen molar-refractivity contribution in [3.05, 3.63) is 72.3 Å². The van der Waals surface area contributed by atoms with Gasteiger partial charge in [-0.1, -0.05) is 31.2 Å². The van der Waals surface area contributed by atoms with Gasteiger partial charge in [0.1, 0.15) is 0 Å². The highest BCUT2D eigenvalue weighted by atomic mass is 32.2. The molecule has 2 N–H and O–H groups in total. The van der Waals surface area contributed by atoms with Gasteiger partial charge >= 0.3 is 0 Å². The Morgan fingerprint density at radius 2 is 1.81 bits per heavy atom. The van der Waals surface area contributed by atoms with Gasteiger partial charge < -0.3 is 10.6 Å². The van der Waals surface area contributed by atoms with Crippen molar-refractivity contribution in [2.24, 2.45) is 5.92 Å². The van der Waals surface area contributed by atoms with Crippen LogP contribution in [0.2, 0.25) is 0 Å². The minimum Gasteiger partial charge on any atom is -0.349 e. The van der Waals surface area contributed by atoms with Gasteiger partial charge in [-0.25, -0.2) is 8.42 Å². The minimum absolute atomic E-state index is 0.0896. The molecule has 1 fully saturated rings. The molecule has 2 aromatic rings. The number of nitrogens with one attached hydrogen (secondary N) is 2. The van der Waals surface area contributed by atoms with Crippen molar-refractivity contribution in [1.29, 1.82) is 0 Å². The van der Waals surface area contributed by atoms with E-state index in [0.29, 0.717) is 36.8 Å². The van der Waals surface area contributed by atoms with E-state index in [1.807, 2.05) is 0 Å². The highest BCUT2D eigenvalue weighted by molar-refractivity contribution is 7.89. The molecule has 31 heavy (non-hydrogen) atoms. The molecule has 1 saturated heterocycles.